The van der Waals surface area contributed by atoms with E-state index in [9.17, 15) is 8.42 Å². The molecule has 1 fully saturated rings. The van der Waals surface area contributed by atoms with Crippen LogP contribution in [0.4, 0.5) is 0 Å². The molecule has 0 N–H and O–H groups in total. The Morgan fingerprint density at radius 2 is 2.30 bits per heavy atom. The van der Waals surface area contributed by atoms with Crippen LogP contribution in [0.3, 0.4) is 0 Å². The minimum atomic E-state index is -2.88. The maximum absolute atomic E-state index is 11.2. The van der Waals surface area contributed by atoms with Gasteiger partial charge in [0.05, 0.1) is 18.5 Å². The van der Waals surface area contributed by atoms with Crippen molar-refractivity contribution in [1.82, 2.24) is 14.8 Å². The summed E-state index contributed by atoms with van der Waals surface area (Å²) in [6.45, 7) is 5.07. The predicted molar refractivity (Wildman–Crippen MR) is 77.3 cm³/mol. The van der Waals surface area contributed by atoms with Crippen LogP contribution in [-0.4, -0.2) is 67.9 Å². The molecule has 0 saturated carbocycles. The van der Waals surface area contributed by atoms with Gasteiger partial charge in [-0.25, -0.2) is 13.4 Å². The molecule has 0 radical (unpaired) electrons. The van der Waals surface area contributed by atoms with Gasteiger partial charge in [-0.1, -0.05) is 0 Å². The van der Waals surface area contributed by atoms with Crippen molar-refractivity contribution in [3.63, 3.8) is 0 Å². The number of likely N-dealkylation sites (N-methyl/N-ethyl adjacent to an activating group) is 1. The summed E-state index contributed by atoms with van der Waals surface area (Å²) in [5.41, 5.74) is 0. The second kappa shape index (κ2) is 6.24. The number of nitrogens with zero attached hydrogens (tertiary/aromatic N) is 3. The third-order valence-electron chi connectivity index (χ3n) is 3.70. The van der Waals surface area contributed by atoms with E-state index in [4.69, 9.17) is 4.42 Å². The number of aryl methyl sites for hydroxylation is 1. The van der Waals surface area contributed by atoms with Crippen LogP contribution in [0, 0.1) is 6.92 Å². The van der Waals surface area contributed by atoms with Gasteiger partial charge in [-0.05, 0) is 26.9 Å². The van der Waals surface area contributed by atoms with E-state index in [1.54, 1.807) is 6.20 Å². The minimum Gasteiger partial charge on any atom is -0.445 e. The summed E-state index contributed by atoms with van der Waals surface area (Å²) >= 11 is 0. The van der Waals surface area contributed by atoms with E-state index < -0.39 is 9.84 Å². The van der Waals surface area contributed by atoms with Crippen molar-refractivity contribution < 1.29 is 12.8 Å². The zero-order valence-electron chi connectivity index (χ0n) is 12.4. The molecule has 2 heterocycles. The molecule has 1 saturated heterocycles. The van der Waals surface area contributed by atoms with Gasteiger partial charge in [0.2, 0.25) is 5.89 Å². The maximum Gasteiger partial charge on any atom is 0.208 e. The number of hydrogen-bond acceptors (Lipinski definition) is 6. The number of aromatic nitrogens is 1. The van der Waals surface area contributed by atoms with Gasteiger partial charge < -0.3 is 9.32 Å². The molecule has 20 heavy (non-hydrogen) atoms. The summed E-state index contributed by atoms with van der Waals surface area (Å²) in [7, 11) is -0.816. The maximum atomic E-state index is 11.2. The van der Waals surface area contributed by atoms with Gasteiger partial charge in [-0.15, -0.1) is 0 Å². The molecule has 0 amide bonds. The van der Waals surface area contributed by atoms with Gasteiger partial charge in [0.25, 0.3) is 0 Å². The minimum absolute atomic E-state index is 0.238. The quantitative estimate of drug-likeness (QED) is 0.764. The summed E-state index contributed by atoms with van der Waals surface area (Å²) in [5, 5.41) is 0. The van der Waals surface area contributed by atoms with Crippen molar-refractivity contribution in [1.29, 1.82) is 0 Å². The van der Waals surface area contributed by atoms with Crippen LogP contribution < -0.4 is 0 Å². The van der Waals surface area contributed by atoms with E-state index in [0.29, 0.717) is 19.1 Å². The van der Waals surface area contributed by atoms with Gasteiger partial charge >= 0.3 is 0 Å². The Labute approximate surface area is 120 Å². The molecule has 2 rings (SSSR count). The molecule has 6 nitrogen and oxygen atoms in total. The van der Waals surface area contributed by atoms with Crippen LogP contribution in [0.2, 0.25) is 0 Å². The van der Waals surface area contributed by atoms with Crippen LogP contribution in [0.1, 0.15) is 18.1 Å². The molecule has 1 aromatic rings. The third-order valence-corrected chi connectivity index (χ3v) is 4.63. The largest absolute Gasteiger partial charge is 0.445 e. The zero-order valence-corrected chi connectivity index (χ0v) is 13.2. The summed E-state index contributed by atoms with van der Waals surface area (Å²) in [5.74, 6) is 1.80. The number of hydrogen-bond donors (Lipinski definition) is 0. The van der Waals surface area contributed by atoms with E-state index in [-0.39, 0.29) is 5.75 Å². The molecule has 1 atom stereocenters. The normalized spacial score (nSPS) is 20.9. The van der Waals surface area contributed by atoms with E-state index in [1.807, 2.05) is 6.92 Å². The second-order valence-corrected chi connectivity index (χ2v) is 7.91. The Hall–Kier alpha value is -0.920. The number of oxazole rings is 1. The number of sulfone groups is 1. The van der Waals surface area contributed by atoms with E-state index in [2.05, 4.69) is 21.8 Å². The van der Waals surface area contributed by atoms with Gasteiger partial charge in [0, 0.05) is 25.4 Å². The fourth-order valence-electron chi connectivity index (χ4n) is 2.49. The third kappa shape index (κ3) is 4.57. The van der Waals surface area contributed by atoms with Crippen molar-refractivity contribution in [2.45, 2.75) is 25.9 Å². The summed E-state index contributed by atoms with van der Waals surface area (Å²) in [4.78, 5) is 8.65. The second-order valence-electron chi connectivity index (χ2n) is 5.65. The molecule has 1 aliphatic rings. The number of rotatable bonds is 6. The molecular formula is C13H23N3O3S. The lowest BCUT2D eigenvalue weighted by Crippen LogP contribution is -2.35. The molecule has 0 bridgehead atoms. The van der Waals surface area contributed by atoms with Gasteiger partial charge in [-0.3, -0.25) is 4.90 Å². The number of likely N-dealkylation sites (tertiary alicyclic amines) is 1. The Morgan fingerprint density at radius 1 is 1.55 bits per heavy atom. The molecular weight excluding hydrogens is 278 g/mol. The lowest BCUT2D eigenvalue weighted by molar-refractivity contribution is 0.208. The monoisotopic (exact) mass is 301 g/mol. The highest BCUT2D eigenvalue weighted by Gasteiger charge is 2.26. The fraction of sp³-hybridized carbons (Fsp3) is 0.769. The first-order chi connectivity index (χ1) is 9.33. The Balaban J connectivity index is 1.80. The van der Waals surface area contributed by atoms with Crippen molar-refractivity contribution in [2.75, 3.05) is 38.7 Å². The first-order valence-corrected chi connectivity index (χ1v) is 8.91. The van der Waals surface area contributed by atoms with E-state index >= 15 is 0 Å². The van der Waals surface area contributed by atoms with Crippen LogP contribution in [0.5, 0.6) is 0 Å². The van der Waals surface area contributed by atoms with Crippen LogP contribution in [0.25, 0.3) is 0 Å². The molecule has 0 spiro atoms. The zero-order chi connectivity index (χ0) is 14.8. The fourth-order valence-corrected chi connectivity index (χ4v) is 3.08. The summed E-state index contributed by atoms with van der Waals surface area (Å²) < 4.78 is 27.9. The van der Waals surface area contributed by atoms with Crippen LogP contribution in [-0.2, 0) is 16.4 Å². The Bertz CT molecular complexity index is 541. The van der Waals surface area contributed by atoms with Crippen LogP contribution in [0.15, 0.2) is 10.6 Å². The lowest BCUT2D eigenvalue weighted by Gasteiger charge is -2.23. The van der Waals surface area contributed by atoms with Crippen molar-refractivity contribution in [2.24, 2.45) is 0 Å². The summed E-state index contributed by atoms with van der Waals surface area (Å²) in [6, 6.07) is 0.432. The van der Waals surface area contributed by atoms with Gasteiger partial charge in [0.1, 0.15) is 15.6 Å². The molecule has 0 aliphatic carbocycles. The first kappa shape index (κ1) is 15.5. The standard InChI is InChI=1S/C13H23N3O3S/c1-11-8-14-13(19-11)10-15(2)12-4-5-16(9-12)6-7-20(3,17)18/h8,12H,4-7,9-10H2,1-3H3/t12-/m0/s1. The molecule has 0 aromatic carbocycles. The molecule has 114 valence electrons. The highest BCUT2D eigenvalue weighted by atomic mass is 32.2. The van der Waals surface area contributed by atoms with E-state index in [0.717, 1.165) is 31.2 Å². The molecule has 0 unspecified atom stereocenters. The average molecular weight is 301 g/mol. The SMILES string of the molecule is Cc1cnc(CN(C)[C@H]2CCN(CCS(C)(=O)=O)C2)o1. The van der Waals surface area contributed by atoms with Gasteiger partial charge in [0.15, 0.2) is 0 Å². The van der Waals surface area contributed by atoms with Crippen molar-refractivity contribution >= 4 is 9.84 Å². The van der Waals surface area contributed by atoms with Crippen molar-refractivity contribution in [3.05, 3.63) is 17.8 Å². The molecule has 7 heteroatoms. The highest BCUT2D eigenvalue weighted by molar-refractivity contribution is 7.90. The van der Waals surface area contributed by atoms with E-state index in [1.165, 1.54) is 6.26 Å². The average Bonchev–Trinajstić information content (AvgIpc) is 2.95. The molecule has 1 aromatic heterocycles. The van der Waals surface area contributed by atoms with Gasteiger partial charge in [-0.2, -0.15) is 0 Å². The molecule has 1 aliphatic heterocycles. The predicted octanol–water partition coefficient (Wildman–Crippen LogP) is 0.534. The highest BCUT2D eigenvalue weighted by Crippen LogP contribution is 2.16. The Kier molecular flexibility index (Phi) is 4.82. The topological polar surface area (TPSA) is 66.7 Å². The van der Waals surface area contributed by atoms with Crippen LogP contribution >= 0.6 is 0 Å². The lowest BCUT2D eigenvalue weighted by atomic mass is 10.2. The summed E-state index contributed by atoms with van der Waals surface area (Å²) in [6.07, 6.45) is 4.08. The Morgan fingerprint density at radius 3 is 2.90 bits per heavy atom. The first-order valence-electron chi connectivity index (χ1n) is 6.85. The smallest absolute Gasteiger partial charge is 0.208 e. The van der Waals surface area contributed by atoms with Crippen molar-refractivity contribution in [3.8, 4) is 0 Å².